The molecular formula is C22H23NO2. The van der Waals surface area contributed by atoms with E-state index in [1.54, 1.807) is 6.92 Å². The van der Waals surface area contributed by atoms with E-state index in [9.17, 15) is 4.79 Å². The zero-order valence-electron chi connectivity index (χ0n) is 14.4. The van der Waals surface area contributed by atoms with Crippen molar-refractivity contribution in [1.82, 2.24) is 5.32 Å². The predicted octanol–water partition coefficient (Wildman–Crippen LogP) is 4.36. The molecule has 0 radical (unpaired) electrons. The van der Waals surface area contributed by atoms with E-state index in [0.29, 0.717) is 12.3 Å². The summed E-state index contributed by atoms with van der Waals surface area (Å²) in [6, 6.07) is 24.3. The second kappa shape index (κ2) is 8.34. The second-order valence-corrected chi connectivity index (χ2v) is 6.15. The van der Waals surface area contributed by atoms with Crippen molar-refractivity contribution in [2.45, 2.75) is 25.9 Å². The van der Waals surface area contributed by atoms with Crippen molar-refractivity contribution in [3.63, 3.8) is 0 Å². The molecule has 1 atom stereocenters. The summed E-state index contributed by atoms with van der Waals surface area (Å²) in [5.41, 5.74) is 1.29. The van der Waals surface area contributed by atoms with Gasteiger partial charge >= 0.3 is 0 Å². The van der Waals surface area contributed by atoms with Crippen LogP contribution in [0.2, 0.25) is 0 Å². The van der Waals surface area contributed by atoms with E-state index in [-0.39, 0.29) is 5.91 Å². The Morgan fingerprint density at radius 1 is 0.960 bits per heavy atom. The number of carbonyl (C=O) groups excluding carboxylic acids is 1. The van der Waals surface area contributed by atoms with Gasteiger partial charge in [-0.2, -0.15) is 0 Å². The van der Waals surface area contributed by atoms with E-state index in [1.807, 2.05) is 54.6 Å². The minimum atomic E-state index is -0.516. The molecular weight excluding hydrogens is 310 g/mol. The van der Waals surface area contributed by atoms with E-state index in [4.69, 9.17) is 4.74 Å². The SMILES string of the molecule is CC(Oc1ccc2ccccc2c1)C(=O)NCCCc1ccccc1. The normalized spacial score (nSPS) is 11.9. The number of aryl methyl sites for hydroxylation is 1. The molecule has 0 aromatic heterocycles. The first-order chi connectivity index (χ1) is 12.2. The lowest BCUT2D eigenvalue weighted by molar-refractivity contribution is -0.127. The quantitative estimate of drug-likeness (QED) is 0.653. The fourth-order valence-electron chi connectivity index (χ4n) is 2.79. The van der Waals surface area contributed by atoms with Crippen molar-refractivity contribution >= 4 is 16.7 Å². The maximum Gasteiger partial charge on any atom is 0.260 e. The summed E-state index contributed by atoms with van der Waals surface area (Å²) in [6.45, 7) is 2.43. The largest absolute Gasteiger partial charge is 0.481 e. The van der Waals surface area contributed by atoms with Crippen LogP contribution in [-0.4, -0.2) is 18.6 Å². The molecule has 0 aliphatic heterocycles. The van der Waals surface area contributed by atoms with Gasteiger partial charge in [-0.15, -0.1) is 0 Å². The van der Waals surface area contributed by atoms with E-state index in [0.717, 1.165) is 23.6 Å². The summed E-state index contributed by atoms with van der Waals surface area (Å²) in [5.74, 6) is 0.631. The van der Waals surface area contributed by atoms with Crippen LogP contribution in [0.1, 0.15) is 18.9 Å². The number of rotatable bonds is 7. The Hall–Kier alpha value is -2.81. The summed E-state index contributed by atoms with van der Waals surface area (Å²) in [7, 11) is 0. The van der Waals surface area contributed by atoms with Crippen LogP contribution in [0.3, 0.4) is 0 Å². The Bertz CT molecular complexity index is 830. The first-order valence-electron chi connectivity index (χ1n) is 8.69. The first-order valence-corrected chi connectivity index (χ1v) is 8.69. The maximum absolute atomic E-state index is 12.2. The minimum Gasteiger partial charge on any atom is -0.481 e. The molecule has 1 amide bonds. The van der Waals surface area contributed by atoms with Crippen molar-refractivity contribution < 1.29 is 9.53 Å². The van der Waals surface area contributed by atoms with Crippen molar-refractivity contribution in [3.05, 3.63) is 78.4 Å². The molecule has 128 valence electrons. The third-order valence-electron chi connectivity index (χ3n) is 4.19. The third-order valence-corrected chi connectivity index (χ3v) is 4.19. The molecule has 25 heavy (non-hydrogen) atoms. The number of carbonyl (C=O) groups is 1. The molecule has 0 fully saturated rings. The maximum atomic E-state index is 12.2. The van der Waals surface area contributed by atoms with Gasteiger partial charge in [0.2, 0.25) is 0 Å². The van der Waals surface area contributed by atoms with Gasteiger partial charge in [0.1, 0.15) is 5.75 Å². The molecule has 1 N–H and O–H groups in total. The molecule has 3 rings (SSSR count). The lowest BCUT2D eigenvalue weighted by Gasteiger charge is -2.15. The molecule has 0 saturated carbocycles. The zero-order valence-corrected chi connectivity index (χ0v) is 14.4. The van der Waals surface area contributed by atoms with Crippen LogP contribution in [0.5, 0.6) is 5.75 Å². The average Bonchev–Trinajstić information content (AvgIpc) is 2.65. The van der Waals surface area contributed by atoms with E-state index < -0.39 is 6.10 Å². The molecule has 3 nitrogen and oxygen atoms in total. The van der Waals surface area contributed by atoms with Gasteiger partial charge in [-0.05, 0) is 48.2 Å². The highest BCUT2D eigenvalue weighted by Gasteiger charge is 2.14. The predicted molar refractivity (Wildman–Crippen MR) is 102 cm³/mol. The summed E-state index contributed by atoms with van der Waals surface area (Å²) in [4.78, 5) is 12.2. The Balaban J connectivity index is 1.46. The smallest absolute Gasteiger partial charge is 0.260 e. The highest BCUT2D eigenvalue weighted by atomic mass is 16.5. The molecule has 3 aromatic rings. The second-order valence-electron chi connectivity index (χ2n) is 6.15. The van der Waals surface area contributed by atoms with E-state index in [2.05, 4.69) is 23.5 Å². The highest BCUT2D eigenvalue weighted by molar-refractivity contribution is 5.84. The molecule has 0 spiro atoms. The van der Waals surface area contributed by atoms with Gasteiger partial charge in [-0.3, -0.25) is 4.79 Å². The molecule has 0 aliphatic carbocycles. The number of benzene rings is 3. The molecule has 3 heteroatoms. The van der Waals surface area contributed by atoms with Crippen molar-refractivity contribution in [1.29, 1.82) is 0 Å². The Labute approximate surface area is 148 Å². The Morgan fingerprint density at radius 2 is 1.68 bits per heavy atom. The Kier molecular flexibility index (Phi) is 5.68. The average molecular weight is 333 g/mol. The molecule has 1 unspecified atom stereocenters. The fourth-order valence-corrected chi connectivity index (χ4v) is 2.79. The lowest BCUT2D eigenvalue weighted by atomic mass is 10.1. The van der Waals surface area contributed by atoms with E-state index in [1.165, 1.54) is 5.56 Å². The zero-order chi connectivity index (χ0) is 17.5. The third kappa shape index (κ3) is 4.83. The van der Waals surface area contributed by atoms with Gasteiger partial charge in [-0.1, -0.05) is 60.7 Å². The summed E-state index contributed by atoms with van der Waals surface area (Å²) < 4.78 is 5.79. The van der Waals surface area contributed by atoms with Crippen LogP contribution >= 0.6 is 0 Å². The fraction of sp³-hybridized carbons (Fsp3) is 0.227. The highest BCUT2D eigenvalue weighted by Crippen LogP contribution is 2.21. The standard InChI is InChI=1S/C22H23NO2/c1-17(22(24)23-15-7-10-18-8-3-2-4-9-18)25-21-14-13-19-11-5-6-12-20(19)16-21/h2-6,8-9,11-14,16-17H,7,10,15H2,1H3,(H,23,24). The number of amides is 1. The number of hydrogen-bond donors (Lipinski definition) is 1. The van der Waals surface area contributed by atoms with Crippen LogP contribution in [-0.2, 0) is 11.2 Å². The number of fused-ring (bicyclic) bond motifs is 1. The molecule has 0 saturated heterocycles. The van der Waals surface area contributed by atoms with Crippen LogP contribution < -0.4 is 10.1 Å². The number of nitrogens with one attached hydrogen (secondary N) is 1. The van der Waals surface area contributed by atoms with Crippen LogP contribution in [0.4, 0.5) is 0 Å². The first kappa shape index (κ1) is 17.0. The molecule has 0 heterocycles. The molecule has 0 bridgehead atoms. The monoisotopic (exact) mass is 333 g/mol. The van der Waals surface area contributed by atoms with Gasteiger partial charge in [0, 0.05) is 6.54 Å². The van der Waals surface area contributed by atoms with Crippen molar-refractivity contribution in [2.75, 3.05) is 6.54 Å². The molecule has 3 aromatic carbocycles. The van der Waals surface area contributed by atoms with Crippen molar-refractivity contribution in [3.8, 4) is 5.75 Å². The van der Waals surface area contributed by atoms with E-state index >= 15 is 0 Å². The van der Waals surface area contributed by atoms with Gasteiger partial charge in [-0.25, -0.2) is 0 Å². The molecule has 0 aliphatic rings. The van der Waals surface area contributed by atoms with Crippen molar-refractivity contribution in [2.24, 2.45) is 0 Å². The van der Waals surface area contributed by atoms with Gasteiger partial charge < -0.3 is 10.1 Å². The summed E-state index contributed by atoms with van der Waals surface area (Å²) in [5, 5.41) is 5.21. The Morgan fingerprint density at radius 3 is 2.48 bits per heavy atom. The van der Waals surface area contributed by atoms with Crippen LogP contribution in [0.25, 0.3) is 10.8 Å². The summed E-state index contributed by atoms with van der Waals surface area (Å²) >= 11 is 0. The topological polar surface area (TPSA) is 38.3 Å². The lowest BCUT2D eigenvalue weighted by Crippen LogP contribution is -2.36. The van der Waals surface area contributed by atoms with Crippen LogP contribution in [0, 0.1) is 0 Å². The van der Waals surface area contributed by atoms with Gasteiger partial charge in [0.25, 0.3) is 5.91 Å². The van der Waals surface area contributed by atoms with Crippen LogP contribution in [0.15, 0.2) is 72.8 Å². The van der Waals surface area contributed by atoms with Gasteiger partial charge in [0.15, 0.2) is 6.10 Å². The summed E-state index contributed by atoms with van der Waals surface area (Å²) in [6.07, 6.45) is 1.36. The minimum absolute atomic E-state index is 0.0822. The van der Waals surface area contributed by atoms with Gasteiger partial charge in [0.05, 0.1) is 0 Å². The number of hydrogen-bond acceptors (Lipinski definition) is 2. The number of ether oxygens (including phenoxy) is 1.